The number of ether oxygens (including phenoxy) is 1. The monoisotopic (exact) mass is 359 g/mol. The Bertz CT molecular complexity index is 797. The molecule has 1 aromatic rings. The summed E-state index contributed by atoms with van der Waals surface area (Å²) in [7, 11) is 1.19. The standard InChI is InChI=1S/C17H17N3O4S/c1-9-5-3-4-6-10(9)13-11(7-18)16(25-8-12(19)21)20-15(22)14(13)17(23)24-2/h3-6,13-14H,8H2,1-2H3,(H2,19,21)(H,20,22)/t13-,14+/m0/s1. The number of nitrogens with two attached hydrogens (primary N) is 1. The molecule has 0 saturated heterocycles. The lowest BCUT2D eigenvalue weighted by molar-refractivity contribution is -0.150. The van der Waals surface area contributed by atoms with Gasteiger partial charge in [0.25, 0.3) is 0 Å². The van der Waals surface area contributed by atoms with E-state index in [0.29, 0.717) is 5.56 Å². The highest BCUT2D eigenvalue weighted by molar-refractivity contribution is 8.03. The molecule has 8 heteroatoms. The number of aryl methyl sites for hydroxylation is 1. The summed E-state index contributed by atoms with van der Waals surface area (Å²) in [6, 6.07) is 9.27. The van der Waals surface area contributed by atoms with Crippen LogP contribution in [0.4, 0.5) is 0 Å². The van der Waals surface area contributed by atoms with E-state index in [-0.39, 0.29) is 16.4 Å². The molecule has 7 nitrogen and oxygen atoms in total. The first-order valence-corrected chi connectivity index (χ1v) is 8.38. The zero-order chi connectivity index (χ0) is 18.6. The maximum absolute atomic E-state index is 12.5. The third kappa shape index (κ3) is 3.83. The highest BCUT2D eigenvalue weighted by Crippen LogP contribution is 2.41. The van der Waals surface area contributed by atoms with Gasteiger partial charge in [-0.05, 0) is 18.1 Å². The van der Waals surface area contributed by atoms with Crippen molar-refractivity contribution < 1.29 is 19.1 Å². The van der Waals surface area contributed by atoms with Gasteiger partial charge in [-0.3, -0.25) is 14.4 Å². The predicted molar refractivity (Wildman–Crippen MR) is 91.9 cm³/mol. The molecular formula is C17H17N3O4S. The fraction of sp³-hybridized carbons (Fsp3) is 0.294. The Balaban J connectivity index is 2.62. The first-order chi connectivity index (χ1) is 11.9. The van der Waals surface area contributed by atoms with Crippen molar-refractivity contribution in [3.8, 4) is 6.07 Å². The van der Waals surface area contributed by atoms with E-state index in [1.54, 1.807) is 12.1 Å². The summed E-state index contributed by atoms with van der Waals surface area (Å²) in [5.41, 5.74) is 6.87. The van der Waals surface area contributed by atoms with Crippen molar-refractivity contribution in [1.82, 2.24) is 5.32 Å². The quantitative estimate of drug-likeness (QED) is 0.596. The van der Waals surface area contributed by atoms with E-state index in [9.17, 15) is 19.6 Å². The second-order valence-corrected chi connectivity index (χ2v) is 6.42. The Kier molecular flexibility index (Phi) is 5.83. The number of hydrogen-bond acceptors (Lipinski definition) is 6. The number of hydrogen-bond donors (Lipinski definition) is 2. The van der Waals surface area contributed by atoms with Gasteiger partial charge in [-0.2, -0.15) is 5.26 Å². The molecule has 2 rings (SSSR count). The van der Waals surface area contributed by atoms with E-state index in [1.165, 1.54) is 7.11 Å². The van der Waals surface area contributed by atoms with Crippen LogP contribution in [0.15, 0.2) is 34.9 Å². The Labute approximate surface area is 149 Å². The number of primary amides is 1. The molecule has 3 N–H and O–H groups in total. The zero-order valence-corrected chi connectivity index (χ0v) is 14.6. The fourth-order valence-electron chi connectivity index (χ4n) is 2.73. The van der Waals surface area contributed by atoms with Gasteiger partial charge in [-0.25, -0.2) is 0 Å². The van der Waals surface area contributed by atoms with E-state index in [2.05, 4.69) is 11.4 Å². The number of nitriles is 1. The van der Waals surface area contributed by atoms with Gasteiger partial charge >= 0.3 is 5.97 Å². The topological polar surface area (TPSA) is 122 Å². The maximum atomic E-state index is 12.5. The normalized spacial score (nSPS) is 19.8. The largest absolute Gasteiger partial charge is 0.468 e. The van der Waals surface area contributed by atoms with Gasteiger partial charge in [0.15, 0.2) is 0 Å². The molecule has 0 aromatic heterocycles. The molecule has 0 spiro atoms. The van der Waals surface area contributed by atoms with Gasteiger partial charge in [-0.1, -0.05) is 36.0 Å². The van der Waals surface area contributed by atoms with Crippen LogP contribution in [-0.2, 0) is 19.1 Å². The van der Waals surface area contributed by atoms with Crippen molar-refractivity contribution in [1.29, 1.82) is 5.26 Å². The molecule has 0 fully saturated rings. The summed E-state index contributed by atoms with van der Waals surface area (Å²) in [4.78, 5) is 35.8. The molecule has 0 aliphatic carbocycles. The van der Waals surface area contributed by atoms with E-state index < -0.39 is 29.6 Å². The van der Waals surface area contributed by atoms with Crippen molar-refractivity contribution in [3.05, 3.63) is 46.0 Å². The predicted octanol–water partition coefficient (Wildman–Crippen LogP) is 0.951. The molecule has 25 heavy (non-hydrogen) atoms. The molecule has 0 unspecified atom stereocenters. The summed E-state index contributed by atoms with van der Waals surface area (Å²) in [6.45, 7) is 1.83. The van der Waals surface area contributed by atoms with Crippen molar-refractivity contribution in [3.63, 3.8) is 0 Å². The Morgan fingerprint density at radius 3 is 2.64 bits per heavy atom. The first-order valence-electron chi connectivity index (χ1n) is 7.40. The van der Waals surface area contributed by atoms with Crippen molar-refractivity contribution >= 4 is 29.5 Å². The summed E-state index contributed by atoms with van der Waals surface area (Å²) in [6.07, 6.45) is 0. The van der Waals surface area contributed by atoms with Crippen LogP contribution in [0.5, 0.6) is 0 Å². The molecule has 2 atom stereocenters. The number of methoxy groups -OCH3 is 1. The second kappa shape index (κ2) is 7.85. The Morgan fingerprint density at radius 2 is 2.08 bits per heavy atom. The van der Waals surface area contributed by atoms with E-state index in [1.807, 2.05) is 19.1 Å². The summed E-state index contributed by atoms with van der Waals surface area (Å²) in [5, 5.41) is 12.4. The van der Waals surface area contributed by atoms with Gasteiger partial charge in [0.05, 0.1) is 29.5 Å². The number of carbonyl (C=O) groups excluding carboxylic acids is 3. The number of nitrogens with zero attached hydrogens (tertiary/aromatic N) is 1. The fourth-order valence-corrected chi connectivity index (χ4v) is 3.52. The lowest BCUT2D eigenvalue weighted by Crippen LogP contribution is -2.44. The molecule has 0 bridgehead atoms. The van der Waals surface area contributed by atoms with Gasteiger partial charge in [0.2, 0.25) is 11.8 Å². The lowest BCUT2D eigenvalue weighted by Gasteiger charge is -2.31. The number of rotatable bonds is 5. The van der Waals surface area contributed by atoms with E-state index in [0.717, 1.165) is 17.3 Å². The second-order valence-electron chi connectivity index (χ2n) is 5.43. The maximum Gasteiger partial charge on any atom is 0.319 e. The van der Waals surface area contributed by atoms with Gasteiger partial charge in [0.1, 0.15) is 5.92 Å². The zero-order valence-electron chi connectivity index (χ0n) is 13.7. The van der Waals surface area contributed by atoms with Crippen LogP contribution in [0.3, 0.4) is 0 Å². The average Bonchev–Trinajstić information content (AvgIpc) is 2.59. The number of esters is 1. The molecule has 2 amide bonds. The number of benzene rings is 1. The third-order valence-electron chi connectivity index (χ3n) is 3.87. The van der Waals surface area contributed by atoms with Crippen molar-refractivity contribution in [2.24, 2.45) is 11.7 Å². The van der Waals surface area contributed by atoms with Gasteiger partial charge in [-0.15, -0.1) is 0 Å². The van der Waals surface area contributed by atoms with Crippen LogP contribution < -0.4 is 11.1 Å². The summed E-state index contributed by atoms with van der Waals surface area (Å²) < 4.78 is 4.77. The molecular weight excluding hydrogens is 342 g/mol. The number of carbonyl (C=O) groups is 3. The summed E-state index contributed by atoms with van der Waals surface area (Å²) in [5.74, 6) is -3.94. The van der Waals surface area contributed by atoms with Crippen molar-refractivity contribution in [2.75, 3.05) is 12.9 Å². The van der Waals surface area contributed by atoms with Crippen LogP contribution in [0, 0.1) is 24.2 Å². The van der Waals surface area contributed by atoms with Crippen LogP contribution in [-0.4, -0.2) is 30.6 Å². The van der Waals surface area contributed by atoms with Crippen LogP contribution in [0.25, 0.3) is 0 Å². The Hall–Kier alpha value is -2.79. The molecule has 1 aromatic carbocycles. The minimum atomic E-state index is -1.18. The number of amides is 2. The molecule has 1 aliphatic rings. The highest BCUT2D eigenvalue weighted by Gasteiger charge is 2.44. The lowest BCUT2D eigenvalue weighted by atomic mass is 9.77. The smallest absolute Gasteiger partial charge is 0.319 e. The first kappa shape index (κ1) is 18.5. The molecule has 0 radical (unpaired) electrons. The number of thioether (sulfide) groups is 1. The minimum absolute atomic E-state index is 0.0931. The van der Waals surface area contributed by atoms with E-state index in [4.69, 9.17) is 10.5 Å². The minimum Gasteiger partial charge on any atom is -0.468 e. The van der Waals surface area contributed by atoms with Crippen LogP contribution >= 0.6 is 11.8 Å². The number of allylic oxidation sites excluding steroid dienone is 1. The highest BCUT2D eigenvalue weighted by atomic mass is 32.2. The van der Waals surface area contributed by atoms with Gasteiger partial charge in [0, 0.05) is 5.92 Å². The summed E-state index contributed by atoms with van der Waals surface area (Å²) >= 11 is 0.966. The molecule has 130 valence electrons. The molecule has 0 saturated carbocycles. The van der Waals surface area contributed by atoms with E-state index >= 15 is 0 Å². The third-order valence-corrected chi connectivity index (χ3v) is 4.91. The average molecular weight is 359 g/mol. The number of nitrogens with one attached hydrogen (secondary N) is 1. The SMILES string of the molecule is COC(=O)[C@H]1C(=O)NC(SCC(N)=O)=C(C#N)[C@@H]1c1ccccc1C. The molecule has 1 aliphatic heterocycles. The van der Waals surface area contributed by atoms with Crippen LogP contribution in [0.1, 0.15) is 17.0 Å². The Morgan fingerprint density at radius 1 is 1.40 bits per heavy atom. The van der Waals surface area contributed by atoms with Gasteiger partial charge < -0.3 is 15.8 Å². The van der Waals surface area contributed by atoms with Crippen molar-refractivity contribution in [2.45, 2.75) is 12.8 Å². The molecule has 1 heterocycles. The van der Waals surface area contributed by atoms with Crippen LogP contribution in [0.2, 0.25) is 0 Å².